The molecule has 2 aromatic heterocycles. The molecule has 1 amide bonds. The van der Waals surface area contributed by atoms with Crippen molar-refractivity contribution >= 4 is 22.9 Å². The van der Waals surface area contributed by atoms with Gasteiger partial charge in [-0.2, -0.15) is 5.10 Å². The molecule has 0 spiro atoms. The summed E-state index contributed by atoms with van der Waals surface area (Å²) >= 11 is 1.37. The van der Waals surface area contributed by atoms with Gasteiger partial charge < -0.3 is 5.32 Å². The molecule has 2 N–H and O–H groups in total. The molecule has 3 aromatic rings. The number of hydrogen-bond acceptors (Lipinski definition) is 3. The average Bonchev–Trinajstić information content (AvgIpc) is 3.18. The Morgan fingerprint density at radius 1 is 1.35 bits per heavy atom. The number of aromatic amines is 1. The molecule has 23 heavy (non-hydrogen) atoms. The molecular weight excluding hydrogens is 313 g/mol. The summed E-state index contributed by atoms with van der Waals surface area (Å²) in [6.45, 7) is 2.05. The number of benzene rings is 1. The zero-order chi connectivity index (χ0) is 16.2. The fourth-order valence-electron chi connectivity index (χ4n) is 2.37. The van der Waals surface area contributed by atoms with Crippen LogP contribution >= 0.6 is 11.3 Å². The Kier molecular flexibility index (Phi) is 4.52. The minimum absolute atomic E-state index is 0.184. The number of halogens is 1. The number of thiophene rings is 1. The van der Waals surface area contributed by atoms with Gasteiger partial charge in [0.2, 0.25) is 0 Å². The maximum Gasteiger partial charge on any atom is 0.265 e. The van der Waals surface area contributed by atoms with E-state index in [1.165, 1.54) is 23.5 Å². The smallest absolute Gasteiger partial charge is 0.265 e. The van der Waals surface area contributed by atoms with Gasteiger partial charge >= 0.3 is 0 Å². The number of carbonyl (C=O) groups is 1. The van der Waals surface area contributed by atoms with Crippen LogP contribution in [0.1, 0.15) is 28.7 Å². The van der Waals surface area contributed by atoms with Crippen LogP contribution in [0.25, 0.3) is 11.3 Å². The summed E-state index contributed by atoms with van der Waals surface area (Å²) < 4.78 is 13.5. The van der Waals surface area contributed by atoms with Gasteiger partial charge in [-0.1, -0.05) is 31.5 Å². The van der Waals surface area contributed by atoms with E-state index in [4.69, 9.17) is 0 Å². The molecule has 0 aliphatic rings. The highest BCUT2D eigenvalue weighted by Crippen LogP contribution is 2.30. The van der Waals surface area contributed by atoms with Crippen molar-refractivity contribution in [1.82, 2.24) is 10.2 Å². The van der Waals surface area contributed by atoms with Crippen LogP contribution in [-0.4, -0.2) is 16.1 Å². The summed E-state index contributed by atoms with van der Waals surface area (Å²) in [6.07, 6.45) is 1.66. The molecule has 0 bridgehead atoms. The van der Waals surface area contributed by atoms with E-state index in [-0.39, 0.29) is 11.7 Å². The number of nitrogens with zero attached hydrogens (tertiary/aromatic N) is 1. The lowest BCUT2D eigenvalue weighted by molar-refractivity contribution is 0.103. The van der Waals surface area contributed by atoms with Gasteiger partial charge in [-0.25, -0.2) is 4.39 Å². The lowest BCUT2D eigenvalue weighted by Gasteiger charge is -2.07. The van der Waals surface area contributed by atoms with Crippen LogP contribution in [0.5, 0.6) is 0 Å². The molecule has 0 unspecified atom stereocenters. The number of rotatable bonds is 5. The van der Waals surface area contributed by atoms with Crippen molar-refractivity contribution in [1.29, 1.82) is 0 Å². The zero-order valence-corrected chi connectivity index (χ0v) is 13.4. The number of aromatic nitrogens is 2. The van der Waals surface area contributed by atoms with E-state index in [1.54, 1.807) is 18.2 Å². The van der Waals surface area contributed by atoms with Gasteiger partial charge in [0.25, 0.3) is 5.91 Å². The minimum Gasteiger partial charge on any atom is -0.318 e. The standard InChI is InChI=1S/C17H16FN3OS/c1-2-5-13-16(19-17(22)14-8-4-9-23-14)15(21-20-13)11-6-3-7-12(18)10-11/h3-4,6-10H,2,5H2,1H3,(H,19,22)(H,20,21). The summed E-state index contributed by atoms with van der Waals surface area (Å²) in [5.74, 6) is -0.519. The van der Waals surface area contributed by atoms with E-state index in [0.29, 0.717) is 21.8 Å². The molecule has 118 valence electrons. The number of hydrogen-bond donors (Lipinski definition) is 2. The number of anilines is 1. The van der Waals surface area contributed by atoms with Gasteiger partial charge in [0, 0.05) is 5.56 Å². The summed E-state index contributed by atoms with van der Waals surface area (Å²) in [4.78, 5) is 13.0. The Morgan fingerprint density at radius 2 is 2.22 bits per heavy atom. The fourth-order valence-corrected chi connectivity index (χ4v) is 2.99. The summed E-state index contributed by atoms with van der Waals surface area (Å²) in [5.41, 5.74) is 2.65. The lowest BCUT2D eigenvalue weighted by atomic mass is 10.1. The van der Waals surface area contributed by atoms with Crippen LogP contribution < -0.4 is 5.32 Å². The number of nitrogens with one attached hydrogen (secondary N) is 2. The second kappa shape index (κ2) is 6.75. The van der Waals surface area contributed by atoms with Gasteiger partial charge in [0.05, 0.1) is 16.3 Å². The maximum atomic E-state index is 13.5. The molecule has 0 atom stereocenters. The maximum absolute atomic E-state index is 13.5. The van der Waals surface area contributed by atoms with Crippen LogP contribution in [-0.2, 0) is 6.42 Å². The van der Waals surface area contributed by atoms with Crippen LogP contribution in [0.4, 0.5) is 10.1 Å². The van der Waals surface area contributed by atoms with Crippen LogP contribution in [0.15, 0.2) is 41.8 Å². The third kappa shape index (κ3) is 3.32. The van der Waals surface area contributed by atoms with Crippen molar-refractivity contribution in [3.05, 3.63) is 58.2 Å². The van der Waals surface area contributed by atoms with E-state index in [0.717, 1.165) is 18.5 Å². The second-order valence-electron chi connectivity index (χ2n) is 5.12. The third-order valence-electron chi connectivity index (χ3n) is 3.42. The van der Waals surface area contributed by atoms with E-state index in [2.05, 4.69) is 15.5 Å². The molecule has 0 aliphatic carbocycles. The molecule has 2 heterocycles. The highest BCUT2D eigenvalue weighted by atomic mass is 32.1. The zero-order valence-electron chi connectivity index (χ0n) is 12.6. The van der Waals surface area contributed by atoms with E-state index in [9.17, 15) is 9.18 Å². The first-order valence-corrected chi connectivity index (χ1v) is 8.25. The Bertz CT molecular complexity index is 811. The quantitative estimate of drug-likeness (QED) is 0.725. The SMILES string of the molecule is CCCc1[nH]nc(-c2cccc(F)c2)c1NC(=O)c1cccs1. The molecule has 0 aliphatic heterocycles. The van der Waals surface area contributed by atoms with Gasteiger partial charge in [-0.3, -0.25) is 9.89 Å². The number of carbonyl (C=O) groups excluding carboxylic acids is 1. The van der Waals surface area contributed by atoms with Gasteiger partial charge in [0.1, 0.15) is 11.5 Å². The first-order chi connectivity index (χ1) is 11.2. The molecule has 0 saturated carbocycles. The highest BCUT2D eigenvalue weighted by molar-refractivity contribution is 7.12. The second-order valence-corrected chi connectivity index (χ2v) is 6.07. The van der Waals surface area contributed by atoms with Crippen molar-refractivity contribution in [2.45, 2.75) is 19.8 Å². The van der Waals surface area contributed by atoms with Crippen molar-refractivity contribution in [2.24, 2.45) is 0 Å². The Balaban J connectivity index is 1.99. The Labute approximate surface area is 137 Å². The third-order valence-corrected chi connectivity index (χ3v) is 4.29. The molecular formula is C17H16FN3OS. The topological polar surface area (TPSA) is 57.8 Å². The Morgan fingerprint density at radius 3 is 2.91 bits per heavy atom. The van der Waals surface area contributed by atoms with Crippen molar-refractivity contribution in [3.63, 3.8) is 0 Å². The van der Waals surface area contributed by atoms with Crippen molar-refractivity contribution in [2.75, 3.05) is 5.32 Å². The molecule has 1 aromatic carbocycles. The molecule has 0 fully saturated rings. The minimum atomic E-state index is -0.335. The summed E-state index contributed by atoms with van der Waals surface area (Å²) in [6, 6.07) is 9.79. The van der Waals surface area contributed by atoms with Gasteiger partial charge in [-0.05, 0) is 30.0 Å². The van der Waals surface area contributed by atoms with E-state index < -0.39 is 0 Å². The summed E-state index contributed by atoms with van der Waals surface area (Å²) in [5, 5.41) is 12.0. The van der Waals surface area contributed by atoms with E-state index >= 15 is 0 Å². The molecule has 6 heteroatoms. The van der Waals surface area contributed by atoms with Crippen LogP contribution in [0.3, 0.4) is 0 Å². The van der Waals surface area contributed by atoms with Gasteiger partial charge in [-0.15, -0.1) is 11.3 Å². The molecule has 0 radical (unpaired) electrons. The van der Waals surface area contributed by atoms with Crippen molar-refractivity contribution < 1.29 is 9.18 Å². The predicted molar refractivity (Wildman–Crippen MR) is 90.2 cm³/mol. The highest BCUT2D eigenvalue weighted by Gasteiger charge is 2.18. The lowest BCUT2D eigenvalue weighted by Crippen LogP contribution is -2.12. The number of H-pyrrole nitrogens is 1. The fraction of sp³-hybridized carbons (Fsp3) is 0.176. The monoisotopic (exact) mass is 329 g/mol. The van der Waals surface area contributed by atoms with Crippen LogP contribution in [0.2, 0.25) is 0 Å². The average molecular weight is 329 g/mol. The van der Waals surface area contributed by atoms with Crippen molar-refractivity contribution in [3.8, 4) is 11.3 Å². The Hall–Kier alpha value is -2.47. The first-order valence-electron chi connectivity index (χ1n) is 7.37. The van der Waals surface area contributed by atoms with Gasteiger partial charge in [0.15, 0.2) is 0 Å². The molecule has 4 nitrogen and oxygen atoms in total. The summed E-state index contributed by atoms with van der Waals surface area (Å²) in [7, 11) is 0. The first kappa shape index (κ1) is 15.4. The molecule has 3 rings (SSSR count). The number of aryl methyl sites for hydroxylation is 1. The molecule has 0 saturated heterocycles. The van der Waals surface area contributed by atoms with E-state index in [1.807, 2.05) is 18.4 Å². The number of amides is 1. The largest absolute Gasteiger partial charge is 0.318 e. The predicted octanol–water partition coefficient (Wildman–Crippen LogP) is 4.48. The normalized spacial score (nSPS) is 10.7. The van der Waals surface area contributed by atoms with Crippen LogP contribution in [0, 0.1) is 5.82 Å².